The number of ketones is 1. The maximum atomic E-state index is 13.3. The lowest BCUT2D eigenvalue weighted by Gasteiger charge is -2.17. The number of carboxylic acids is 1. The Kier molecular flexibility index (Phi) is 6.76. The molecule has 4 nitrogen and oxygen atoms in total. The van der Waals surface area contributed by atoms with Gasteiger partial charge in [0.25, 0.3) is 0 Å². The summed E-state index contributed by atoms with van der Waals surface area (Å²) in [5, 5.41) is 12.2. The van der Waals surface area contributed by atoms with Crippen LogP contribution in [0, 0.1) is 6.92 Å². The highest BCUT2D eigenvalue weighted by atomic mass is 16.4. The first kappa shape index (κ1) is 22.1. The quantitative estimate of drug-likeness (QED) is 0.416. The summed E-state index contributed by atoms with van der Waals surface area (Å²) < 4.78 is 0. The van der Waals surface area contributed by atoms with Crippen LogP contribution in [0.3, 0.4) is 0 Å². The van der Waals surface area contributed by atoms with Crippen molar-refractivity contribution in [1.82, 2.24) is 0 Å². The van der Waals surface area contributed by atoms with Crippen molar-refractivity contribution in [1.29, 1.82) is 0 Å². The van der Waals surface area contributed by atoms with E-state index < -0.39 is 5.97 Å². The number of nitrogens with one attached hydrogen (secondary N) is 1. The molecule has 0 unspecified atom stereocenters. The summed E-state index contributed by atoms with van der Waals surface area (Å²) in [4.78, 5) is 24.3. The fourth-order valence-corrected chi connectivity index (χ4v) is 3.40. The first-order valence-electron chi connectivity index (χ1n) is 10.1. The number of aromatic carboxylic acids is 1. The Bertz CT molecular complexity index is 1130. The maximum absolute atomic E-state index is 13.3. The average Bonchev–Trinajstić information content (AvgIpc) is 2.75. The standard InChI is InChI=1S/C26H24BNO3/c1-4-5-22-23(25(29)18-8-6-16(2)7-9-18)14-20(15-24(22)27)17(3)28-21-12-10-19(11-13-21)26(30)31/h6-15,28H,3-5H2,1-2H3,(H,30,31). The van der Waals surface area contributed by atoms with Crippen LogP contribution in [0.2, 0.25) is 0 Å². The Morgan fingerprint density at radius 2 is 1.58 bits per heavy atom. The highest BCUT2D eigenvalue weighted by Crippen LogP contribution is 2.23. The van der Waals surface area contributed by atoms with E-state index in [4.69, 9.17) is 13.0 Å². The van der Waals surface area contributed by atoms with Crippen LogP contribution in [0.1, 0.15) is 56.3 Å². The predicted molar refractivity (Wildman–Crippen MR) is 126 cm³/mol. The smallest absolute Gasteiger partial charge is 0.335 e. The Morgan fingerprint density at radius 1 is 0.968 bits per heavy atom. The fraction of sp³-hybridized carbons (Fsp3) is 0.154. The Hall–Kier alpha value is -3.60. The van der Waals surface area contributed by atoms with Crippen LogP contribution in [0.25, 0.3) is 5.70 Å². The number of carboxylic acid groups (broad SMARTS) is 1. The molecular formula is C26H24BNO3. The Morgan fingerprint density at radius 3 is 2.16 bits per heavy atom. The van der Waals surface area contributed by atoms with Gasteiger partial charge in [0.1, 0.15) is 7.85 Å². The molecule has 0 aliphatic carbocycles. The van der Waals surface area contributed by atoms with Gasteiger partial charge in [0.2, 0.25) is 0 Å². The lowest BCUT2D eigenvalue weighted by Crippen LogP contribution is -2.19. The molecule has 0 saturated carbocycles. The zero-order chi connectivity index (χ0) is 22.5. The number of carbonyl (C=O) groups excluding carboxylic acids is 1. The van der Waals surface area contributed by atoms with E-state index in [1.54, 1.807) is 12.1 Å². The van der Waals surface area contributed by atoms with Crippen molar-refractivity contribution in [2.45, 2.75) is 26.7 Å². The van der Waals surface area contributed by atoms with E-state index in [2.05, 4.69) is 18.8 Å². The van der Waals surface area contributed by atoms with Crippen LogP contribution in [0.4, 0.5) is 5.69 Å². The topological polar surface area (TPSA) is 66.4 Å². The van der Waals surface area contributed by atoms with Gasteiger partial charge in [-0.25, -0.2) is 4.79 Å². The third-order valence-electron chi connectivity index (χ3n) is 5.12. The van der Waals surface area contributed by atoms with Gasteiger partial charge in [0.15, 0.2) is 5.78 Å². The Labute approximate surface area is 184 Å². The minimum atomic E-state index is -0.982. The van der Waals surface area contributed by atoms with E-state index >= 15 is 0 Å². The SMILES string of the molecule is [B]c1cc(C(=C)Nc2ccc(C(=O)O)cc2)cc(C(=O)c2ccc(C)cc2)c1CCC. The van der Waals surface area contributed by atoms with Gasteiger partial charge in [-0.05, 0) is 54.8 Å². The number of benzene rings is 3. The largest absolute Gasteiger partial charge is 0.478 e. The number of hydrogen-bond acceptors (Lipinski definition) is 3. The third kappa shape index (κ3) is 5.12. The van der Waals surface area contributed by atoms with E-state index in [1.807, 2.05) is 43.3 Å². The van der Waals surface area contributed by atoms with Crippen molar-refractivity contribution in [3.8, 4) is 0 Å². The third-order valence-corrected chi connectivity index (χ3v) is 5.12. The van der Waals surface area contributed by atoms with Gasteiger partial charge in [-0.3, -0.25) is 4.79 Å². The van der Waals surface area contributed by atoms with Gasteiger partial charge in [-0.2, -0.15) is 0 Å². The van der Waals surface area contributed by atoms with Crippen LogP contribution in [-0.2, 0) is 6.42 Å². The van der Waals surface area contributed by atoms with Gasteiger partial charge in [-0.15, -0.1) is 0 Å². The molecule has 31 heavy (non-hydrogen) atoms. The Balaban J connectivity index is 1.95. The molecule has 3 rings (SSSR count). The molecule has 5 heteroatoms. The minimum absolute atomic E-state index is 0.0735. The van der Waals surface area contributed by atoms with Crippen LogP contribution in [0.5, 0.6) is 0 Å². The molecule has 2 radical (unpaired) electrons. The minimum Gasteiger partial charge on any atom is -0.478 e. The van der Waals surface area contributed by atoms with Gasteiger partial charge >= 0.3 is 5.97 Å². The second-order valence-corrected chi connectivity index (χ2v) is 7.52. The molecule has 3 aromatic rings. The number of hydrogen-bond donors (Lipinski definition) is 2. The highest BCUT2D eigenvalue weighted by molar-refractivity contribution is 6.34. The predicted octanol–water partition coefficient (Wildman–Crippen LogP) is 4.75. The van der Waals surface area contributed by atoms with Gasteiger partial charge in [0, 0.05) is 22.5 Å². The van der Waals surface area contributed by atoms with E-state index in [1.165, 1.54) is 12.1 Å². The van der Waals surface area contributed by atoms with Gasteiger partial charge in [-0.1, -0.05) is 61.3 Å². The normalized spacial score (nSPS) is 10.5. The van der Waals surface area contributed by atoms with Crippen molar-refractivity contribution < 1.29 is 14.7 Å². The molecule has 0 aliphatic rings. The van der Waals surface area contributed by atoms with E-state index in [9.17, 15) is 9.59 Å². The summed E-state index contributed by atoms with van der Waals surface area (Å²) in [6, 6.07) is 17.5. The van der Waals surface area contributed by atoms with Gasteiger partial charge in [0.05, 0.1) is 5.56 Å². The molecule has 0 spiro atoms. The molecule has 0 fully saturated rings. The molecule has 0 heterocycles. The van der Waals surface area contributed by atoms with Crippen molar-refractivity contribution in [3.05, 3.63) is 101 Å². The molecule has 2 N–H and O–H groups in total. The summed E-state index contributed by atoms with van der Waals surface area (Å²) in [5.74, 6) is -1.06. The first-order valence-corrected chi connectivity index (χ1v) is 10.1. The van der Waals surface area contributed by atoms with Crippen LogP contribution in [0.15, 0.2) is 67.2 Å². The van der Waals surface area contributed by atoms with E-state index in [0.29, 0.717) is 40.0 Å². The zero-order valence-corrected chi connectivity index (χ0v) is 17.7. The fourth-order valence-electron chi connectivity index (χ4n) is 3.40. The van der Waals surface area contributed by atoms with Crippen LogP contribution in [-0.4, -0.2) is 24.7 Å². The summed E-state index contributed by atoms with van der Waals surface area (Å²) in [6.07, 6.45) is 1.57. The monoisotopic (exact) mass is 409 g/mol. The van der Waals surface area contributed by atoms with Crippen molar-refractivity contribution in [2.24, 2.45) is 0 Å². The highest BCUT2D eigenvalue weighted by Gasteiger charge is 2.17. The summed E-state index contributed by atoms with van der Waals surface area (Å²) in [6.45, 7) is 8.12. The first-order chi connectivity index (χ1) is 14.8. The summed E-state index contributed by atoms with van der Waals surface area (Å²) in [5.41, 5.74) is 5.84. The molecule has 3 aromatic carbocycles. The maximum Gasteiger partial charge on any atom is 0.335 e. The lowest BCUT2D eigenvalue weighted by molar-refractivity contribution is 0.0696. The molecule has 0 amide bonds. The number of rotatable bonds is 8. The van der Waals surface area contributed by atoms with Crippen molar-refractivity contribution in [3.63, 3.8) is 0 Å². The molecular weight excluding hydrogens is 385 g/mol. The van der Waals surface area contributed by atoms with E-state index in [-0.39, 0.29) is 11.3 Å². The second-order valence-electron chi connectivity index (χ2n) is 7.52. The molecule has 0 aliphatic heterocycles. The molecule has 0 atom stereocenters. The second kappa shape index (κ2) is 9.48. The summed E-state index contributed by atoms with van der Waals surface area (Å²) in [7, 11) is 6.35. The van der Waals surface area contributed by atoms with E-state index in [0.717, 1.165) is 17.5 Å². The van der Waals surface area contributed by atoms with Crippen LogP contribution >= 0.6 is 0 Å². The summed E-state index contributed by atoms with van der Waals surface area (Å²) >= 11 is 0. The molecule has 0 bridgehead atoms. The number of carbonyl (C=O) groups is 2. The molecule has 0 aromatic heterocycles. The van der Waals surface area contributed by atoms with Gasteiger partial charge < -0.3 is 10.4 Å². The molecule has 154 valence electrons. The average molecular weight is 409 g/mol. The van der Waals surface area contributed by atoms with Crippen molar-refractivity contribution in [2.75, 3.05) is 5.32 Å². The number of anilines is 1. The molecule has 0 saturated heterocycles. The zero-order valence-electron chi connectivity index (χ0n) is 17.7. The lowest BCUT2D eigenvalue weighted by atomic mass is 9.81. The van der Waals surface area contributed by atoms with Crippen LogP contribution < -0.4 is 10.8 Å². The number of aryl methyl sites for hydroxylation is 1. The van der Waals surface area contributed by atoms with Crippen molar-refractivity contribution >= 4 is 36.4 Å².